The Morgan fingerprint density at radius 3 is 2.52 bits per heavy atom. The molecule has 3 rings (SSSR count). The van der Waals surface area contributed by atoms with Crippen LogP contribution in [-0.4, -0.2) is 18.5 Å². The van der Waals surface area contributed by atoms with E-state index in [2.05, 4.69) is 12.2 Å². The molecule has 0 bridgehead atoms. The molecule has 1 aliphatic carbocycles. The van der Waals surface area contributed by atoms with Gasteiger partial charge in [0.25, 0.3) is 5.91 Å². The third-order valence-electron chi connectivity index (χ3n) is 4.50. The summed E-state index contributed by atoms with van der Waals surface area (Å²) in [6.07, 6.45) is 4.98. The zero-order valence-corrected chi connectivity index (χ0v) is 15.5. The largest absolute Gasteiger partial charge is 0.462 e. The summed E-state index contributed by atoms with van der Waals surface area (Å²) in [6.45, 7) is 4.20. The highest BCUT2D eigenvalue weighted by Crippen LogP contribution is 2.38. The summed E-state index contributed by atoms with van der Waals surface area (Å²) in [6, 6.07) is 7.57. The second kappa shape index (κ2) is 7.83. The van der Waals surface area contributed by atoms with Crippen LogP contribution in [0.2, 0.25) is 0 Å². The number of hydrogen-bond donors (Lipinski definition) is 1. The normalized spacial score (nSPS) is 13.2. The molecule has 1 aromatic carbocycles. The summed E-state index contributed by atoms with van der Waals surface area (Å²) in [4.78, 5) is 26.2. The van der Waals surface area contributed by atoms with Crippen LogP contribution in [-0.2, 0) is 24.0 Å². The van der Waals surface area contributed by atoms with Gasteiger partial charge in [-0.25, -0.2) is 4.79 Å². The molecule has 0 atom stereocenters. The van der Waals surface area contributed by atoms with Crippen LogP contribution < -0.4 is 5.32 Å². The summed E-state index contributed by atoms with van der Waals surface area (Å²) in [7, 11) is 0. The number of carbonyl (C=O) groups is 2. The number of nitrogens with one attached hydrogen (secondary N) is 1. The summed E-state index contributed by atoms with van der Waals surface area (Å²) < 4.78 is 5.23. The number of carbonyl (C=O) groups excluding carboxylic acids is 2. The second-order valence-electron chi connectivity index (χ2n) is 6.14. The molecule has 0 fully saturated rings. The Hall–Kier alpha value is -2.14. The summed E-state index contributed by atoms with van der Waals surface area (Å²) >= 11 is 1.51. The van der Waals surface area contributed by atoms with Crippen LogP contribution in [0.5, 0.6) is 0 Å². The number of amides is 1. The highest BCUT2D eigenvalue weighted by Gasteiger charge is 2.27. The zero-order chi connectivity index (χ0) is 17.8. The summed E-state index contributed by atoms with van der Waals surface area (Å²) in [5.41, 5.74) is 3.40. The molecule has 4 nitrogen and oxygen atoms in total. The third kappa shape index (κ3) is 3.76. The van der Waals surface area contributed by atoms with Gasteiger partial charge < -0.3 is 10.1 Å². The number of ether oxygens (including phenoxy) is 1. The first kappa shape index (κ1) is 17.7. The average molecular weight is 357 g/mol. The van der Waals surface area contributed by atoms with E-state index in [4.69, 9.17) is 4.74 Å². The average Bonchev–Trinajstić information content (AvgIpc) is 2.99. The van der Waals surface area contributed by atoms with Crippen molar-refractivity contribution in [2.24, 2.45) is 0 Å². The van der Waals surface area contributed by atoms with Crippen LogP contribution >= 0.6 is 11.3 Å². The molecule has 1 amide bonds. The molecule has 132 valence electrons. The molecule has 25 heavy (non-hydrogen) atoms. The van der Waals surface area contributed by atoms with Gasteiger partial charge in [-0.3, -0.25) is 4.79 Å². The van der Waals surface area contributed by atoms with Gasteiger partial charge in [0.15, 0.2) is 0 Å². The van der Waals surface area contributed by atoms with E-state index in [1.165, 1.54) is 21.8 Å². The molecular weight excluding hydrogens is 334 g/mol. The SMILES string of the molecule is CCOC(=O)c1c(NC(=O)c2ccc(CC)cc2)sc2c1CCCC2. The van der Waals surface area contributed by atoms with Gasteiger partial charge >= 0.3 is 5.97 Å². The smallest absolute Gasteiger partial charge is 0.341 e. The molecule has 0 spiro atoms. The van der Waals surface area contributed by atoms with Crippen molar-refractivity contribution < 1.29 is 14.3 Å². The van der Waals surface area contributed by atoms with Crippen LogP contribution in [0.15, 0.2) is 24.3 Å². The van der Waals surface area contributed by atoms with Crippen molar-refractivity contribution in [3.8, 4) is 0 Å². The monoisotopic (exact) mass is 357 g/mol. The van der Waals surface area contributed by atoms with Gasteiger partial charge in [-0.1, -0.05) is 19.1 Å². The molecule has 0 saturated heterocycles. The molecule has 0 saturated carbocycles. The Morgan fingerprint density at radius 2 is 1.84 bits per heavy atom. The van der Waals surface area contributed by atoms with Crippen molar-refractivity contribution in [3.05, 3.63) is 51.4 Å². The van der Waals surface area contributed by atoms with Crippen molar-refractivity contribution in [3.63, 3.8) is 0 Å². The predicted molar refractivity (Wildman–Crippen MR) is 101 cm³/mol. The number of benzene rings is 1. The van der Waals surface area contributed by atoms with Crippen molar-refractivity contribution in [2.75, 3.05) is 11.9 Å². The van der Waals surface area contributed by atoms with Crippen molar-refractivity contribution in [1.29, 1.82) is 0 Å². The number of hydrogen-bond acceptors (Lipinski definition) is 4. The molecular formula is C20H23NO3S. The quantitative estimate of drug-likeness (QED) is 0.795. The topological polar surface area (TPSA) is 55.4 Å². The Balaban J connectivity index is 1.89. The summed E-state index contributed by atoms with van der Waals surface area (Å²) in [5.74, 6) is -0.523. The molecule has 0 radical (unpaired) electrons. The minimum atomic E-state index is -0.335. The molecule has 1 N–H and O–H groups in total. The maximum Gasteiger partial charge on any atom is 0.341 e. The molecule has 2 aromatic rings. The van der Waals surface area contributed by atoms with Crippen molar-refractivity contribution >= 4 is 28.2 Å². The number of rotatable bonds is 5. The number of anilines is 1. The van der Waals surface area contributed by atoms with E-state index in [0.29, 0.717) is 22.7 Å². The lowest BCUT2D eigenvalue weighted by Gasteiger charge is -2.12. The van der Waals surface area contributed by atoms with E-state index in [9.17, 15) is 9.59 Å². The molecule has 0 unspecified atom stereocenters. The van der Waals surface area contributed by atoms with Gasteiger partial charge in [0.05, 0.1) is 12.2 Å². The summed E-state index contributed by atoms with van der Waals surface area (Å²) in [5, 5.41) is 3.56. The first-order chi connectivity index (χ1) is 12.1. The highest BCUT2D eigenvalue weighted by molar-refractivity contribution is 7.17. The Kier molecular flexibility index (Phi) is 5.53. The minimum absolute atomic E-state index is 0.188. The fraction of sp³-hybridized carbons (Fsp3) is 0.400. The maximum absolute atomic E-state index is 12.6. The Bertz CT molecular complexity index is 777. The number of thiophene rings is 1. The van der Waals surface area contributed by atoms with Crippen LogP contribution in [0.1, 0.15) is 63.4 Å². The number of aryl methyl sites for hydroxylation is 2. The number of esters is 1. The first-order valence-electron chi connectivity index (χ1n) is 8.86. The van der Waals surface area contributed by atoms with E-state index in [0.717, 1.165) is 37.7 Å². The van der Waals surface area contributed by atoms with Crippen LogP contribution in [0.4, 0.5) is 5.00 Å². The molecule has 1 aromatic heterocycles. The van der Waals surface area contributed by atoms with Crippen LogP contribution in [0.25, 0.3) is 0 Å². The Labute approximate surface area is 152 Å². The van der Waals surface area contributed by atoms with Gasteiger partial charge in [-0.2, -0.15) is 0 Å². The van der Waals surface area contributed by atoms with E-state index in [1.807, 2.05) is 24.3 Å². The van der Waals surface area contributed by atoms with E-state index < -0.39 is 0 Å². The molecule has 1 aliphatic rings. The van der Waals surface area contributed by atoms with Gasteiger partial charge in [-0.15, -0.1) is 11.3 Å². The lowest BCUT2D eigenvalue weighted by molar-refractivity contribution is 0.0526. The predicted octanol–water partition coefficient (Wildman–Crippen LogP) is 4.62. The van der Waals surface area contributed by atoms with E-state index in [1.54, 1.807) is 6.92 Å². The Morgan fingerprint density at radius 1 is 1.12 bits per heavy atom. The van der Waals surface area contributed by atoms with Gasteiger partial charge in [0.2, 0.25) is 0 Å². The first-order valence-corrected chi connectivity index (χ1v) is 9.67. The van der Waals surface area contributed by atoms with E-state index >= 15 is 0 Å². The fourth-order valence-corrected chi connectivity index (χ4v) is 4.41. The molecule has 5 heteroatoms. The molecule has 1 heterocycles. The van der Waals surface area contributed by atoms with Gasteiger partial charge in [0.1, 0.15) is 5.00 Å². The van der Waals surface area contributed by atoms with E-state index in [-0.39, 0.29) is 11.9 Å². The van der Waals surface area contributed by atoms with Crippen molar-refractivity contribution in [1.82, 2.24) is 0 Å². The number of fused-ring (bicyclic) bond motifs is 1. The maximum atomic E-state index is 12.6. The molecule has 0 aliphatic heterocycles. The third-order valence-corrected chi connectivity index (χ3v) is 5.71. The zero-order valence-electron chi connectivity index (χ0n) is 14.7. The van der Waals surface area contributed by atoms with Gasteiger partial charge in [0, 0.05) is 10.4 Å². The standard InChI is InChI=1S/C20H23NO3S/c1-3-13-9-11-14(12-10-13)18(22)21-19-17(20(23)24-4-2)15-7-5-6-8-16(15)25-19/h9-12H,3-8H2,1-2H3,(H,21,22). The second-order valence-corrected chi connectivity index (χ2v) is 7.25. The van der Waals surface area contributed by atoms with Crippen molar-refractivity contribution in [2.45, 2.75) is 46.0 Å². The lowest BCUT2D eigenvalue weighted by atomic mass is 9.95. The van der Waals surface area contributed by atoms with Crippen LogP contribution in [0, 0.1) is 0 Å². The minimum Gasteiger partial charge on any atom is -0.462 e. The lowest BCUT2D eigenvalue weighted by Crippen LogP contribution is -2.15. The fourth-order valence-electron chi connectivity index (χ4n) is 3.14. The highest BCUT2D eigenvalue weighted by atomic mass is 32.1. The van der Waals surface area contributed by atoms with Gasteiger partial charge in [-0.05, 0) is 62.3 Å². The van der Waals surface area contributed by atoms with Crippen LogP contribution in [0.3, 0.4) is 0 Å².